The Labute approximate surface area is 190 Å². The summed E-state index contributed by atoms with van der Waals surface area (Å²) in [7, 11) is 0. The molecule has 0 saturated heterocycles. The number of ether oxygens (including phenoxy) is 2. The fraction of sp³-hybridized carbons (Fsp3) is 0.692. The predicted molar refractivity (Wildman–Crippen MR) is 119 cm³/mol. The van der Waals surface area contributed by atoms with Gasteiger partial charge in [-0.3, -0.25) is 0 Å². The summed E-state index contributed by atoms with van der Waals surface area (Å²) in [5.74, 6) is -0.568. The number of rotatable bonds is 8. The molecule has 0 heterocycles. The van der Waals surface area contributed by atoms with Gasteiger partial charge in [-0.05, 0) is 87.2 Å². The van der Waals surface area contributed by atoms with Gasteiger partial charge in [0.05, 0.1) is 0 Å². The van der Waals surface area contributed by atoms with Crippen molar-refractivity contribution in [3.8, 4) is 0 Å². The second-order valence-electron chi connectivity index (χ2n) is 9.24. The zero-order valence-corrected chi connectivity index (χ0v) is 19.2. The summed E-state index contributed by atoms with van der Waals surface area (Å²) in [6.07, 6.45) is 3.78. The second kappa shape index (κ2) is 11.8. The van der Waals surface area contributed by atoms with E-state index in [4.69, 9.17) is 9.47 Å². The van der Waals surface area contributed by atoms with Crippen LogP contribution in [-0.2, 0) is 19.1 Å². The number of hydrogen-bond donors (Lipinski definition) is 0. The van der Waals surface area contributed by atoms with Crippen LogP contribution in [0.4, 0.5) is 8.78 Å². The number of alkyl halides is 2. The fourth-order valence-electron chi connectivity index (χ4n) is 4.88. The van der Waals surface area contributed by atoms with E-state index >= 15 is 0 Å². The Morgan fingerprint density at radius 1 is 0.719 bits per heavy atom. The van der Waals surface area contributed by atoms with Crippen molar-refractivity contribution in [2.45, 2.75) is 114 Å². The molecule has 0 aromatic heterocycles. The van der Waals surface area contributed by atoms with Gasteiger partial charge in [-0.2, -0.15) is 0 Å². The Hall–Kier alpha value is -1.98. The summed E-state index contributed by atoms with van der Waals surface area (Å²) in [6, 6.07) is 8.79. The molecule has 0 bridgehead atoms. The van der Waals surface area contributed by atoms with Crippen LogP contribution < -0.4 is 0 Å². The topological polar surface area (TPSA) is 52.6 Å². The number of hydrogen-bond acceptors (Lipinski definition) is 4. The number of carbonyl (C=O) groups excluding carboxylic acids is 2. The molecule has 4 nitrogen and oxygen atoms in total. The first-order chi connectivity index (χ1) is 15.4. The van der Waals surface area contributed by atoms with Crippen molar-refractivity contribution in [3.05, 3.63) is 35.4 Å². The van der Waals surface area contributed by atoms with Crippen LogP contribution in [0.3, 0.4) is 0 Å². The maximum absolute atomic E-state index is 13.4. The minimum absolute atomic E-state index is 0.157. The molecule has 0 aliphatic heterocycles. The molecule has 1 aromatic rings. The zero-order chi connectivity index (χ0) is 23.1. The molecular weight excluding hydrogens is 414 g/mol. The number of carbonyl (C=O) groups is 2. The van der Waals surface area contributed by atoms with Gasteiger partial charge < -0.3 is 9.47 Å². The lowest BCUT2D eigenvalue weighted by Crippen LogP contribution is -2.28. The van der Waals surface area contributed by atoms with Crippen LogP contribution in [0.5, 0.6) is 0 Å². The highest BCUT2D eigenvalue weighted by Crippen LogP contribution is 2.37. The van der Waals surface area contributed by atoms with E-state index < -0.39 is 24.3 Å². The molecule has 2 unspecified atom stereocenters. The van der Waals surface area contributed by atoms with Gasteiger partial charge in [0.2, 0.25) is 0 Å². The van der Waals surface area contributed by atoms with Gasteiger partial charge in [-0.15, -0.1) is 0 Å². The van der Waals surface area contributed by atoms with Crippen molar-refractivity contribution in [1.82, 2.24) is 0 Å². The highest BCUT2D eigenvalue weighted by molar-refractivity contribution is 5.75. The average molecular weight is 451 g/mol. The van der Waals surface area contributed by atoms with Gasteiger partial charge in [0, 0.05) is 0 Å². The first kappa shape index (κ1) is 24.7. The Kier molecular flexibility index (Phi) is 9.06. The van der Waals surface area contributed by atoms with E-state index in [0.717, 1.165) is 51.4 Å². The summed E-state index contributed by atoms with van der Waals surface area (Å²) >= 11 is 0. The molecule has 3 rings (SSSR count). The second-order valence-corrected chi connectivity index (χ2v) is 9.24. The van der Waals surface area contributed by atoms with Crippen molar-refractivity contribution in [1.29, 1.82) is 0 Å². The van der Waals surface area contributed by atoms with Crippen LogP contribution in [0, 0.1) is 0 Å². The van der Waals surface area contributed by atoms with Gasteiger partial charge in [0.25, 0.3) is 0 Å². The average Bonchev–Trinajstić information content (AvgIpc) is 2.84. The van der Waals surface area contributed by atoms with Crippen LogP contribution in [0.1, 0.15) is 101 Å². The van der Waals surface area contributed by atoms with E-state index in [9.17, 15) is 18.4 Å². The standard InChI is InChI=1S/C26H36F2O4/c1-3-23(27)25(29)31-21-13-9-19(10-14-21)17-5-7-18(8-6-17)20-11-15-22(16-12-20)32-26(30)24(28)4-2/h5-8,19-24H,3-4,9-16H2,1-2H3. The lowest BCUT2D eigenvalue weighted by molar-refractivity contribution is -0.157. The summed E-state index contributed by atoms with van der Waals surface area (Å²) in [6.45, 7) is 3.28. The molecule has 2 aliphatic rings. The van der Waals surface area contributed by atoms with Crippen LogP contribution >= 0.6 is 0 Å². The Morgan fingerprint density at radius 3 is 1.31 bits per heavy atom. The summed E-state index contributed by atoms with van der Waals surface area (Å²) in [5, 5.41) is 0. The molecule has 2 atom stereocenters. The third-order valence-electron chi connectivity index (χ3n) is 7.02. The molecule has 0 radical (unpaired) electrons. The highest BCUT2D eigenvalue weighted by atomic mass is 19.1. The van der Waals surface area contributed by atoms with Crippen molar-refractivity contribution < 1.29 is 27.8 Å². The molecule has 1 aromatic carbocycles. The molecule has 0 N–H and O–H groups in total. The van der Waals surface area contributed by atoms with Crippen molar-refractivity contribution >= 4 is 11.9 Å². The van der Waals surface area contributed by atoms with E-state index in [2.05, 4.69) is 24.3 Å². The van der Waals surface area contributed by atoms with Gasteiger partial charge in [-0.25, -0.2) is 18.4 Å². The van der Waals surface area contributed by atoms with Crippen molar-refractivity contribution in [3.63, 3.8) is 0 Å². The van der Waals surface area contributed by atoms with E-state index in [-0.39, 0.29) is 25.0 Å². The summed E-state index contributed by atoms with van der Waals surface area (Å²) < 4.78 is 37.5. The molecule has 2 fully saturated rings. The predicted octanol–water partition coefficient (Wildman–Crippen LogP) is 6.32. The Morgan fingerprint density at radius 2 is 1.03 bits per heavy atom. The third-order valence-corrected chi connectivity index (χ3v) is 7.02. The monoisotopic (exact) mass is 450 g/mol. The maximum atomic E-state index is 13.4. The quantitative estimate of drug-likeness (QED) is 0.435. The van der Waals surface area contributed by atoms with Gasteiger partial charge in [-0.1, -0.05) is 38.1 Å². The minimum atomic E-state index is -1.51. The van der Waals surface area contributed by atoms with Gasteiger partial charge in [0.15, 0.2) is 12.3 Å². The fourth-order valence-corrected chi connectivity index (χ4v) is 4.88. The number of benzene rings is 1. The molecule has 32 heavy (non-hydrogen) atoms. The van der Waals surface area contributed by atoms with E-state index in [1.165, 1.54) is 11.1 Å². The maximum Gasteiger partial charge on any atom is 0.340 e. The molecule has 0 amide bonds. The lowest BCUT2D eigenvalue weighted by Gasteiger charge is -2.30. The van der Waals surface area contributed by atoms with Crippen molar-refractivity contribution in [2.24, 2.45) is 0 Å². The lowest BCUT2D eigenvalue weighted by atomic mass is 9.80. The van der Waals surface area contributed by atoms with E-state index in [0.29, 0.717) is 11.8 Å². The first-order valence-electron chi connectivity index (χ1n) is 12.2. The SMILES string of the molecule is CCC(F)C(=O)OC1CCC(c2ccc(C3CCC(OC(=O)C(F)CC)CC3)cc2)CC1. The first-order valence-corrected chi connectivity index (χ1v) is 12.2. The smallest absolute Gasteiger partial charge is 0.340 e. The molecule has 2 aliphatic carbocycles. The van der Waals surface area contributed by atoms with Crippen LogP contribution in [0.25, 0.3) is 0 Å². The Balaban J connectivity index is 1.44. The normalized spacial score (nSPS) is 27.9. The summed E-state index contributed by atoms with van der Waals surface area (Å²) in [5.41, 5.74) is 2.60. The molecule has 178 valence electrons. The van der Waals surface area contributed by atoms with E-state index in [1.54, 1.807) is 13.8 Å². The molecule has 0 spiro atoms. The van der Waals surface area contributed by atoms with E-state index in [1.807, 2.05) is 0 Å². The summed E-state index contributed by atoms with van der Waals surface area (Å²) in [4.78, 5) is 23.3. The molecule has 2 saturated carbocycles. The van der Waals surface area contributed by atoms with Crippen LogP contribution in [0.15, 0.2) is 24.3 Å². The number of halogens is 2. The highest BCUT2D eigenvalue weighted by Gasteiger charge is 2.29. The van der Waals surface area contributed by atoms with Gasteiger partial charge in [0.1, 0.15) is 12.2 Å². The van der Waals surface area contributed by atoms with Gasteiger partial charge >= 0.3 is 11.9 Å². The van der Waals surface area contributed by atoms with Crippen molar-refractivity contribution in [2.75, 3.05) is 0 Å². The molecular formula is C26H36F2O4. The minimum Gasteiger partial charge on any atom is -0.460 e. The number of esters is 2. The van der Waals surface area contributed by atoms with Crippen LogP contribution in [0.2, 0.25) is 0 Å². The molecule has 6 heteroatoms. The Bertz CT molecular complexity index is 672. The van der Waals surface area contributed by atoms with Crippen LogP contribution in [-0.4, -0.2) is 36.5 Å². The largest absolute Gasteiger partial charge is 0.460 e. The third kappa shape index (κ3) is 6.52. The zero-order valence-electron chi connectivity index (χ0n) is 19.2.